The van der Waals surface area contributed by atoms with Crippen LogP contribution in [0.15, 0.2) is 58.5 Å². The third-order valence-electron chi connectivity index (χ3n) is 6.16. The highest BCUT2D eigenvalue weighted by Gasteiger charge is 2.31. The van der Waals surface area contributed by atoms with Gasteiger partial charge in [0.15, 0.2) is 0 Å². The summed E-state index contributed by atoms with van der Waals surface area (Å²) in [7, 11) is -3.86. The first-order chi connectivity index (χ1) is 18.2. The van der Waals surface area contributed by atoms with Crippen LogP contribution in [0.25, 0.3) is 10.4 Å². The molecular weight excluding hydrogens is 512 g/mol. The molecule has 1 atom stereocenters. The van der Waals surface area contributed by atoms with Crippen molar-refractivity contribution in [2.45, 2.75) is 44.0 Å². The number of nitrogens with zero attached hydrogens (tertiary/aromatic N) is 4. The number of esters is 1. The van der Waals surface area contributed by atoms with E-state index >= 15 is 0 Å². The molecule has 0 bridgehead atoms. The van der Waals surface area contributed by atoms with Crippen LogP contribution in [0.4, 0.5) is 0 Å². The van der Waals surface area contributed by atoms with E-state index in [4.69, 9.17) is 19.2 Å². The molecule has 1 amide bonds. The fourth-order valence-corrected chi connectivity index (χ4v) is 4.96. The third-order valence-corrected chi connectivity index (χ3v) is 7.48. The minimum Gasteiger partial charge on any atom is -0.491 e. The summed E-state index contributed by atoms with van der Waals surface area (Å²) in [6.45, 7) is 4.61. The standard InChI is InChI=1S/C26H32N4O7S/c1-3-35-26(32)21-12-14-30(15-13-21)25(31)24(28-29-27)18-20-6-8-22(9-7-20)36-16-17-37-38(33,34)23-10-4-19(2)5-11-23/h4-11,21,24H,3,12-18H2,1-2H3. The van der Waals surface area contributed by atoms with Crippen LogP contribution >= 0.6 is 0 Å². The second-order valence-electron chi connectivity index (χ2n) is 8.86. The fraction of sp³-hybridized carbons (Fsp3) is 0.462. The first kappa shape index (κ1) is 29.0. The number of ether oxygens (including phenoxy) is 2. The normalized spacial score (nSPS) is 14.8. The largest absolute Gasteiger partial charge is 0.491 e. The van der Waals surface area contributed by atoms with Gasteiger partial charge in [-0.1, -0.05) is 34.9 Å². The van der Waals surface area contributed by atoms with Crippen LogP contribution in [0.1, 0.15) is 30.9 Å². The Balaban J connectivity index is 1.48. The number of benzene rings is 2. The molecular formula is C26H32N4O7S. The molecule has 3 rings (SSSR count). The second kappa shape index (κ2) is 13.8. The van der Waals surface area contributed by atoms with Crippen molar-refractivity contribution in [1.82, 2.24) is 4.90 Å². The number of amides is 1. The van der Waals surface area contributed by atoms with Crippen molar-refractivity contribution in [3.05, 3.63) is 70.1 Å². The number of carbonyl (C=O) groups excluding carboxylic acids is 2. The first-order valence-electron chi connectivity index (χ1n) is 12.4. The van der Waals surface area contributed by atoms with Gasteiger partial charge in [-0.15, -0.1) is 0 Å². The minimum absolute atomic E-state index is 0.0199. The molecule has 12 heteroatoms. The molecule has 0 saturated carbocycles. The predicted molar refractivity (Wildman–Crippen MR) is 139 cm³/mol. The molecule has 0 radical (unpaired) electrons. The second-order valence-corrected chi connectivity index (χ2v) is 10.5. The minimum atomic E-state index is -3.86. The Bertz CT molecular complexity index is 1240. The molecule has 2 aromatic rings. The number of carbonyl (C=O) groups is 2. The molecule has 1 unspecified atom stereocenters. The van der Waals surface area contributed by atoms with Crippen molar-refractivity contribution >= 4 is 22.0 Å². The zero-order chi connectivity index (χ0) is 27.5. The smallest absolute Gasteiger partial charge is 0.309 e. The van der Waals surface area contributed by atoms with Crippen molar-refractivity contribution < 1.29 is 31.7 Å². The van der Waals surface area contributed by atoms with Gasteiger partial charge in [-0.3, -0.25) is 13.8 Å². The maximum Gasteiger partial charge on any atom is 0.309 e. The Kier molecular flexibility index (Phi) is 10.5. The fourth-order valence-electron chi connectivity index (χ4n) is 4.07. The lowest BCUT2D eigenvalue weighted by atomic mass is 9.96. The average molecular weight is 545 g/mol. The summed E-state index contributed by atoms with van der Waals surface area (Å²) in [4.78, 5) is 29.5. The van der Waals surface area contributed by atoms with Gasteiger partial charge in [0.25, 0.3) is 10.1 Å². The van der Waals surface area contributed by atoms with E-state index in [0.29, 0.717) is 38.3 Å². The molecule has 0 aliphatic carbocycles. The third kappa shape index (κ3) is 8.20. The molecule has 1 heterocycles. The summed E-state index contributed by atoms with van der Waals surface area (Å²) in [6, 6.07) is 12.3. The number of hydrogen-bond acceptors (Lipinski definition) is 8. The van der Waals surface area contributed by atoms with Gasteiger partial charge in [0.1, 0.15) is 25.0 Å². The molecule has 2 aromatic carbocycles. The van der Waals surface area contributed by atoms with E-state index < -0.39 is 16.2 Å². The summed E-state index contributed by atoms with van der Waals surface area (Å²) in [5, 5.41) is 3.71. The molecule has 11 nitrogen and oxygen atoms in total. The van der Waals surface area contributed by atoms with Gasteiger partial charge < -0.3 is 14.4 Å². The van der Waals surface area contributed by atoms with E-state index in [9.17, 15) is 18.0 Å². The number of azide groups is 1. The van der Waals surface area contributed by atoms with E-state index in [1.165, 1.54) is 12.1 Å². The zero-order valence-electron chi connectivity index (χ0n) is 21.5. The highest BCUT2D eigenvalue weighted by molar-refractivity contribution is 7.86. The SMILES string of the molecule is CCOC(=O)C1CCN(C(=O)C(Cc2ccc(OCCOS(=O)(=O)c3ccc(C)cc3)cc2)N=[N+]=[N-])CC1. The Morgan fingerprint density at radius 3 is 2.34 bits per heavy atom. The van der Waals surface area contributed by atoms with Crippen LogP contribution in [0, 0.1) is 12.8 Å². The van der Waals surface area contributed by atoms with Gasteiger partial charge in [0, 0.05) is 18.0 Å². The van der Waals surface area contributed by atoms with Crippen LogP contribution < -0.4 is 4.74 Å². The summed E-state index contributed by atoms with van der Waals surface area (Å²) < 4.78 is 40.1. The van der Waals surface area contributed by atoms with E-state index in [-0.39, 0.29) is 42.3 Å². The van der Waals surface area contributed by atoms with Crippen molar-refractivity contribution in [1.29, 1.82) is 0 Å². The Morgan fingerprint density at radius 1 is 1.08 bits per heavy atom. The molecule has 0 N–H and O–H groups in total. The van der Waals surface area contributed by atoms with E-state index in [0.717, 1.165) is 11.1 Å². The highest BCUT2D eigenvalue weighted by atomic mass is 32.2. The molecule has 204 valence electrons. The molecule has 1 fully saturated rings. The van der Waals surface area contributed by atoms with Crippen LogP contribution in [0.2, 0.25) is 0 Å². The number of piperidine rings is 1. The molecule has 0 aromatic heterocycles. The van der Waals surface area contributed by atoms with E-state index in [2.05, 4.69) is 10.0 Å². The van der Waals surface area contributed by atoms with Gasteiger partial charge >= 0.3 is 5.97 Å². The highest BCUT2D eigenvalue weighted by Crippen LogP contribution is 2.21. The van der Waals surface area contributed by atoms with Gasteiger partial charge in [0.05, 0.1) is 17.4 Å². The lowest BCUT2D eigenvalue weighted by molar-refractivity contribution is -0.151. The summed E-state index contributed by atoms with van der Waals surface area (Å²) in [6.07, 6.45) is 1.23. The maximum atomic E-state index is 13.0. The number of hydrogen-bond donors (Lipinski definition) is 0. The van der Waals surface area contributed by atoms with Crippen LogP contribution in [-0.2, 0) is 35.0 Å². The van der Waals surface area contributed by atoms with Crippen molar-refractivity contribution in [2.75, 3.05) is 32.9 Å². The maximum absolute atomic E-state index is 13.0. The Hall–Kier alpha value is -3.60. The van der Waals surface area contributed by atoms with Gasteiger partial charge in [0.2, 0.25) is 5.91 Å². The number of aryl methyl sites for hydroxylation is 1. The van der Waals surface area contributed by atoms with Crippen molar-refractivity contribution in [2.24, 2.45) is 11.0 Å². The lowest BCUT2D eigenvalue weighted by Crippen LogP contribution is -2.45. The summed E-state index contributed by atoms with van der Waals surface area (Å²) in [5.41, 5.74) is 10.7. The van der Waals surface area contributed by atoms with Gasteiger partial charge in [-0.05, 0) is 68.5 Å². The molecule has 1 aliphatic rings. The molecule has 0 spiro atoms. The van der Waals surface area contributed by atoms with E-state index in [1.54, 1.807) is 48.2 Å². The predicted octanol–water partition coefficient (Wildman–Crippen LogP) is 3.80. The van der Waals surface area contributed by atoms with Crippen LogP contribution in [0.3, 0.4) is 0 Å². The van der Waals surface area contributed by atoms with Crippen LogP contribution in [0.5, 0.6) is 5.75 Å². The number of rotatable bonds is 12. The molecule has 38 heavy (non-hydrogen) atoms. The van der Waals surface area contributed by atoms with Gasteiger partial charge in [-0.25, -0.2) is 0 Å². The monoisotopic (exact) mass is 544 g/mol. The molecule has 1 aliphatic heterocycles. The Morgan fingerprint density at radius 2 is 1.74 bits per heavy atom. The molecule has 1 saturated heterocycles. The van der Waals surface area contributed by atoms with Crippen LogP contribution in [-0.4, -0.2) is 64.1 Å². The lowest BCUT2D eigenvalue weighted by Gasteiger charge is -2.32. The van der Waals surface area contributed by atoms with Crippen molar-refractivity contribution in [3.8, 4) is 5.75 Å². The number of likely N-dealkylation sites (tertiary alicyclic amines) is 1. The topological polar surface area (TPSA) is 148 Å². The summed E-state index contributed by atoms with van der Waals surface area (Å²) >= 11 is 0. The van der Waals surface area contributed by atoms with Crippen molar-refractivity contribution in [3.63, 3.8) is 0 Å². The quantitative estimate of drug-likeness (QED) is 0.0985. The summed E-state index contributed by atoms with van der Waals surface area (Å²) in [5.74, 6) is -0.249. The first-order valence-corrected chi connectivity index (χ1v) is 13.8. The Labute approximate surface area is 222 Å². The van der Waals surface area contributed by atoms with Gasteiger partial charge in [-0.2, -0.15) is 8.42 Å². The zero-order valence-corrected chi connectivity index (χ0v) is 22.3. The average Bonchev–Trinajstić information content (AvgIpc) is 2.92. The van der Waals surface area contributed by atoms with E-state index in [1.807, 2.05) is 6.92 Å².